The van der Waals surface area contributed by atoms with Gasteiger partial charge in [0.05, 0.1) is 19.3 Å². The van der Waals surface area contributed by atoms with Gasteiger partial charge in [-0.2, -0.15) is 0 Å². The standard InChI is InChI=1S/C20H32O5S/c1-6-26-20-19(24-12-15-10-8-7-9-11-15)18(22-5)17(21-4)16(25-20)13-23-14(2)3/h7-11,14,16-20H,6,12-13H2,1-5H3/t16-,17-,18+,19+,20-/m1/s1. The van der Waals surface area contributed by atoms with Crippen molar-refractivity contribution in [2.24, 2.45) is 0 Å². The van der Waals surface area contributed by atoms with Crippen LogP contribution >= 0.6 is 11.8 Å². The van der Waals surface area contributed by atoms with E-state index in [1.165, 1.54) is 0 Å². The summed E-state index contributed by atoms with van der Waals surface area (Å²) < 4.78 is 29.9. The zero-order valence-electron chi connectivity index (χ0n) is 16.4. The van der Waals surface area contributed by atoms with Crippen LogP contribution in [0.4, 0.5) is 0 Å². The van der Waals surface area contributed by atoms with Gasteiger partial charge < -0.3 is 23.7 Å². The number of thioether (sulfide) groups is 1. The lowest BCUT2D eigenvalue weighted by atomic mass is 9.99. The lowest BCUT2D eigenvalue weighted by Gasteiger charge is -2.45. The number of ether oxygens (including phenoxy) is 5. The first-order valence-electron chi connectivity index (χ1n) is 9.20. The zero-order valence-corrected chi connectivity index (χ0v) is 17.2. The molecule has 0 aromatic heterocycles. The van der Waals surface area contributed by atoms with E-state index >= 15 is 0 Å². The van der Waals surface area contributed by atoms with Gasteiger partial charge >= 0.3 is 0 Å². The Morgan fingerprint density at radius 1 is 1.04 bits per heavy atom. The topological polar surface area (TPSA) is 46.2 Å². The van der Waals surface area contributed by atoms with Gasteiger partial charge in [0.1, 0.15) is 29.9 Å². The van der Waals surface area contributed by atoms with E-state index in [9.17, 15) is 0 Å². The van der Waals surface area contributed by atoms with Crippen molar-refractivity contribution in [3.05, 3.63) is 35.9 Å². The highest BCUT2D eigenvalue weighted by molar-refractivity contribution is 7.99. The average Bonchev–Trinajstić information content (AvgIpc) is 2.65. The summed E-state index contributed by atoms with van der Waals surface area (Å²) in [5, 5.41) is 0. The van der Waals surface area contributed by atoms with E-state index < -0.39 is 0 Å². The molecule has 0 amide bonds. The van der Waals surface area contributed by atoms with Crippen LogP contribution in [0.25, 0.3) is 0 Å². The zero-order chi connectivity index (χ0) is 18.9. The normalized spacial score (nSPS) is 29.2. The van der Waals surface area contributed by atoms with Gasteiger partial charge in [-0.25, -0.2) is 0 Å². The Labute approximate surface area is 161 Å². The minimum atomic E-state index is -0.242. The van der Waals surface area contributed by atoms with Crippen molar-refractivity contribution in [1.29, 1.82) is 0 Å². The summed E-state index contributed by atoms with van der Waals surface area (Å²) >= 11 is 1.73. The Bertz CT molecular complexity index is 498. The molecule has 1 aromatic rings. The van der Waals surface area contributed by atoms with Crippen LogP contribution < -0.4 is 0 Å². The molecule has 1 aliphatic heterocycles. The average molecular weight is 385 g/mol. The number of hydrogen-bond donors (Lipinski definition) is 0. The summed E-state index contributed by atoms with van der Waals surface area (Å²) in [6, 6.07) is 10.1. The molecule has 0 radical (unpaired) electrons. The molecular formula is C20H32O5S. The highest BCUT2D eigenvalue weighted by Gasteiger charge is 2.47. The highest BCUT2D eigenvalue weighted by Crippen LogP contribution is 2.33. The van der Waals surface area contributed by atoms with Gasteiger partial charge in [-0.15, -0.1) is 11.8 Å². The van der Waals surface area contributed by atoms with Crippen LogP contribution in [0.2, 0.25) is 0 Å². The van der Waals surface area contributed by atoms with Gasteiger partial charge in [0, 0.05) is 14.2 Å². The summed E-state index contributed by atoms with van der Waals surface area (Å²) in [7, 11) is 3.39. The maximum absolute atomic E-state index is 6.32. The SMILES string of the molecule is CCS[C@H]1O[C@H](COC(C)C)[C@@H](OC)[C@H](OC)[C@@H]1OCc1ccccc1. The van der Waals surface area contributed by atoms with Gasteiger partial charge in [0.25, 0.3) is 0 Å². The van der Waals surface area contributed by atoms with Crippen LogP contribution in [0.15, 0.2) is 30.3 Å². The maximum Gasteiger partial charge on any atom is 0.132 e. The minimum Gasteiger partial charge on any atom is -0.376 e. The Morgan fingerprint density at radius 3 is 2.31 bits per heavy atom. The van der Waals surface area contributed by atoms with Crippen LogP contribution in [0.1, 0.15) is 26.3 Å². The van der Waals surface area contributed by atoms with Gasteiger partial charge in [0.15, 0.2) is 0 Å². The lowest BCUT2D eigenvalue weighted by molar-refractivity contribution is -0.239. The molecule has 1 saturated heterocycles. The largest absolute Gasteiger partial charge is 0.376 e. The summed E-state index contributed by atoms with van der Waals surface area (Å²) in [4.78, 5) is 0. The lowest BCUT2D eigenvalue weighted by Crippen LogP contribution is -2.60. The van der Waals surface area contributed by atoms with Crippen LogP contribution in [0.3, 0.4) is 0 Å². The van der Waals surface area contributed by atoms with Gasteiger partial charge in [-0.05, 0) is 25.2 Å². The molecule has 0 bridgehead atoms. The van der Waals surface area contributed by atoms with Crippen molar-refractivity contribution >= 4 is 11.8 Å². The van der Waals surface area contributed by atoms with Crippen molar-refractivity contribution in [1.82, 2.24) is 0 Å². The van der Waals surface area contributed by atoms with E-state index in [1.807, 2.05) is 32.0 Å². The van der Waals surface area contributed by atoms with Gasteiger partial charge in [-0.1, -0.05) is 37.3 Å². The van der Waals surface area contributed by atoms with E-state index in [1.54, 1.807) is 26.0 Å². The Kier molecular flexibility index (Phi) is 9.39. The van der Waals surface area contributed by atoms with E-state index in [-0.39, 0.29) is 36.0 Å². The molecule has 26 heavy (non-hydrogen) atoms. The van der Waals surface area contributed by atoms with E-state index in [0.29, 0.717) is 13.2 Å². The monoisotopic (exact) mass is 384 g/mol. The highest BCUT2D eigenvalue weighted by atomic mass is 32.2. The third-order valence-electron chi connectivity index (χ3n) is 4.35. The van der Waals surface area contributed by atoms with Gasteiger partial charge in [-0.3, -0.25) is 0 Å². The Morgan fingerprint density at radius 2 is 1.73 bits per heavy atom. The second-order valence-electron chi connectivity index (χ2n) is 6.54. The number of rotatable bonds is 10. The second-order valence-corrected chi connectivity index (χ2v) is 7.92. The van der Waals surface area contributed by atoms with Crippen molar-refractivity contribution in [3.8, 4) is 0 Å². The number of methoxy groups -OCH3 is 2. The van der Waals surface area contributed by atoms with Crippen molar-refractivity contribution < 1.29 is 23.7 Å². The molecule has 148 valence electrons. The van der Waals surface area contributed by atoms with Crippen LogP contribution in [-0.4, -0.2) is 62.5 Å². The van der Waals surface area contributed by atoms with Crippen molar-refractivity contribution in [3.63, 3.8) is 0 Å². The molecule has 5 atom stereocenters. The molecule has 1 aliphatic rings. The fourth-order valence-electron chi connectivity index (χ4n) is 3.09. The molecule has 1 heterocycles. The quantitative estimate of drug-likeness (QED) is 0.615. The molecule has 5 nitrogen and oxygen atoms in total. The van der Waals surface area contributed by atoms with Crippen molar-refractivity contribution in [2.45, 2.75) is 63.3 Å². The third-order valence-corrected chi connectivity index (χ3v) is 5.39. The Balaban J connectivity index is 2.12. The summed E-state index contributed by atoms with van der Waals surface area (Å²) in [5.41, 5.74) is 1.00. The molecule has 2 rings (SSSR count). The third kappa shape index (κ3) is 5.94. The first kappa shape index (κ1) is 21.7. The fraction of sp³-hybridized carbons (Fsp3) is 0.700. The first-order valence-corrected chi connectivity index (χ1v) is 10.2. The molecule has 0 unspecified atom stereocenters. The second kappa shape index (κ2) is 11.3. The van der Waals surface area contributed by atoms with Crippen LogP contribution in [0, 0.1) is 0 Å². The molecule has 1 aromatic carbocycles. The predicted octanol–water partition coefficient (Wildman–Crippen LogP) is 3.50. The first-order chi connectivity index (χ1) is 12.6. The summed E-state index contributed by atoms with van der Waals surface area (Å²) in [6.45, 7) is 7.14. The van der Waals surface area contributed by atoms with Crippen LogP contribution in [-0.2, 0) is 30.3 Å². The van der Waals surface area contributed by atoms with Crippen molar-refractivity contribution in [2.75, 3.05) is 26.6 Å². The molecule has 0 spiro atoms. The predicted molar refractivity (Wildman–Crippen MR) is 104 cm³/mol. The molecule has 0 aliphatic carbocycles. The molecule has 1 fully saturated rings. The minimum absolute atomic E-state index is 0.124. The molecule has 6 heteroatoms. The van der Waals surface area contributed by atoms with E-state index in [4.69, 9.17) is 23.7 Å². The van der Waals surface area contributed by atoms with Gasteiger partial charge in [0.2, 0.25) is 0 Å². The number of benzene rings is 1. The molecule has 0 N–H and O–H groups in total. The summed E-state index contributed by atoms with van der Waals surface area (Å²) in [6.07, 6.45) is -0.727. The molecular weight excluding hydrogens is 352 g/mol. The van der Waals surface area contributed by atoms with Crippen LogP contribution in [0.5, 0.6) is 0 Å². The number of hydrogen-bond acceptors (Lipinski definition) is 6. The van der Waals surface area contributed by atoms with E-state index in [0.717, 1.165) is 11.3 Å². The Hall–Kier alpha value is -0.630. The smallest absolute Gasteiger partial charge is 0.132 e. The summed E-state index contributed by atoms with van der Waals surface area (Å²) in [5.74, 6) is 0.932. The van der Waals surface area contributed by atoms with E-state index in [2.05, 4.69) is 19.1 Å². The fourth-order valence-corrected chi connectivity index (χ4v) is 4.07. The maximum atomic E-state index is 6.32. The molecule has 0 saturated carbocycles.